The predicted octanol–water partition coefficient (Wildman–Crippen LogP) is 1.89. The zero-order chi connectivity index (χ0) is 17.0. The molecule has 2 fully saturated rings. The van der Waals surface area contributed by atoms with E-state index in [1.54, 1.807) is 0 Å². The first-order chi connectivity index (χ1) is 11.6. The minimum absolute atomic E-state index is 0.0382. The van der Waals surface area contributed by atoms with Crippen molar-refractivity contribution >= 4 is 27.6 Å². The molecule has 0 radical (unpaired) electrons. The number of ether oxygens (including phenoxy) is 1. The molecule has 2 aliphatic heterocycles. The Hall–Kier alpha value is -0.881. The van der Waals surface area contributed by atoms with Crippen LogP contribution in [0.1, 0.15) is 18.4 Å². The molecule has 132 valence electrons. The van der Waals surface area contributed by atoms with Crippen molar-refractivity contribution in [1.29, 1.82) is 0 Å². The van der Waals surface area contributed by atoms with E-state index in [0.717, 1.165) is 12.0 Å². The van der Waals surface area contributed by atoms with Gasteiger partial charge in [-0.15, -0.1) is 0 Å². The fourth-order valence-electron chi connectivity index (χ4n) is 2.85. The standard InChI is InChI=1S/C15H20NO6PSe/c17-15(20-9-13-5-2-1-3-6-13)14-7-4-8-16(14)10-23(18)11-21-24(19)22-12-23/h1-3,5-6,14H,4,7-12H2/t14-,23?,24?/m0/s1. The normalized spacial score (nSPS) is 31.0. The van der Waals surface area contributed by atoms with Crippen LogP contribution in [0.4, 0.5) is 0 Å². The van der Waals surface area contributed by atoms with E-state index in [-0.39, 0.29) is 37.6 Å². The van der Waals surface area contributed by atoms with Gasteiger partial charge in [0.15, 0.2) is 0 Å². The van der Waals surface area contributed by atoms with Crippen LogP contribution in [-0.2, 0) is 32.2 Å². The van der Waals surface area contributed by atoms with Gasteiger partial charge in [-0.3, -0.25) is 0 Å². The molecule has 1 atom stereocenters. The van der Waals surface area contributed by atoms with Gasteiger partial charge in [0.05, 0.1) is 0 Å². The van der Waals surface area contributed by atoms with E-state index in [9.17, 15) is 13.2 Å². The molecule has 2 heterocycles. The number of rotatable bonds is 5. The van der Waals surface area contributed by atoms with Crippen molar-refractivity contribution in [3.63, 3.8) is 0 Å². The first kappa shape index (κ1) is 17.9. The van der Waals surface area contributed by atoms with Crippen LogP contribution in [0.3, 0.4) is 0 Å². The Morgan fingerprint density at radius 3 is 2.71 bits per heavy atom. The molecule has 7 nitrogen and oxygen atoms in total. The van der Waals surface area contributed by atoms with Crippen molar-refractivity contribution in [2.75, 3.05) is 25.5 Å². The van der Waals surface area contributed by atoms with Crippen LogP contribution in [0.15, 0.2) is 30.3 Å². The average Bonchev–Trinajstić information content (AvgIpc) is 3.04. The van der Waals surface area contributed by atoms with Gasteiger partial charge in [0.2, 0.25) is 0 Å². The summed E-state index contributed by atoms with van der Waals surface area (Å²) in [6.45, 7) is 0.920. The van der Waals surface area contributed by atoms with Crippen LogP contribution < -0.4 is 0 Å². The van der Waals surface area contributed by atoms with Crippen LogP contribution in [-0.4, -0.2) is 56.9 Å². The van der Waals surface area contributed by atoms with Gasteiger partial charge in [-0.1, -0.05) is 6.07 Å². The zero-order valence-corrected chi connectivity index (χ0v) is 15.8. The van der Waals surface area contributed by atoms with E-state index in [1.807, 2.05) is 35.2 Å². The first-order valence-electron chi connectivity index (χ1n) is 7.76. The molecule has 0 bridgehead atoms. The van der Waals surface area contributed by atoms with Gasteiger partial charge in [-0.25, -0.2) is 0 Å². The second kappa shape index (κ2) is 8.00. The molecule has 0 saturated carbocycles. The van der Waals surface area contributed by atoms with Gasteiger partial charge in [0, 0.05) is 0 Å². The summed E-state index contributed by atoms with van der Waals surface area (Å²) in [5.74, 6) is -0.295. The van der Waals surface area contributed by atoms with Gasteiger partial charge in [0.25, 0.3) is 0 Å². The number of benzene rings is 1. The van der Waals surface area contributed by atoms with E-state index < -0.39 is 21.6 Å². The molecule has 2 saturated heterocycles. The SMILES string of the molecule is O=C(OCc1ccccc1)[C@@H]1CCCN1CP1(=O)CO[Se](=O)OC1. The fraction of sp³-hybridized carbons (Fsp3) is 0.533. The maximum absolute atomic E-state index is 12.7. The Kier molecular flexibility index (Phi) is 5.98. The van der Waals surface area contributed by atoms with Gasteiger partial charge in [0.1, 0.15) is 0 Å². The summed E-state index contributed by atoms with van der Waals surface area (Å²) in [6, 6.07) is 9.11. The Morgan fingerprint density at radius 2 is 2.00 bits per heavy atom. The van der Waals surface area contributed by atoms with Gasteiger partial charge in [-0.2, -0.15) is 0 Å². The summed E-state index contributed by atoms with van der Waals surface area (Å²) in [6.07, 6.45) is 1.70. The molecule has 1 aromatic rings. The van der Waals surface area contributed by atoms with Crippen LogP contribution in [0.5, 0.6) is 0 Å². The number of carbonyl (C=O) groups is 1. The molecule has 0 aliphatic carbocycles. The molecule has 0 N–H and O–H groups in total. The summed E-state index contributed by atoms with van der Waals surface area (Å²) >= 11 is -2.71. The maximum atomic E-state index is 12.7. The van der Waals surface area contributed by atoms with Crippen LogP contribution >= 0.6 is 7.14 Å². The Balaban J connectivity index is 1.55. The number of esters is 1. The van der Waals surface area contributed by atoms with Gasteiger partial charge >= 0.3 is 139 Å². The van der Waals surface area contributed by atoms with Crippen LogP contribution in [0.25, 0.3) is 0 Å². The van der Waals surface area contributed by atoms with Gasteiger partial charge in [-0.05, 0) is 0 Å². The number of hydrogen-bond acceptors (Lipinski definition) is 7. The molecular formula is C15H20NO6PSe. The fourth-order valence-corrected chi connectivity index (χ4v) is 8.29. The van der Waals surface area contributed by atoms with Crippen molar-refractivity contribution in [2.45, 2.75) is 25.5 Å². The van der Waals surface area contributed by atoms with E-state index >= 15 is 0 Å². The molecule has 9 heteroatoms. The number of carbonyl (C=O) groups excluding carboxylic acids is 1. The van der Waals surface area contributed by atoms with Crippen LogP contribution in [0.2, 0.25) is 0 Å². The molecule has 0 aromatic heterocycles. The third-order valence-corrected chi connectivity index (χ3v) is 8.23. The van der Waals surface area contributed by atoms with Crippen molar-refractivity contribution in [2.24, 2.45) is 0 Å². The second-order valence-electron chi connectivity index (χ2n) is 5.96. The summed E-state index contributed by atoms with van der Waals surface area (Å²) in [5, 5.41) is 0. The minimum atomic E-state index is -2.75. The second-order valence-corrected chi connectivity index (χ2v) is 10.7. The van der Waals surface area contributed by atoms with Crippen LogP contribution in [0, 0.1) is 0 Å². The number of nitrogens with zero attached hydrogens (tertiary/aromatic N) is 1. The Bertz CT molecular complexity index is 641. The first-order valence-corrected chi connectivity index (χ1v) is 12.1. The van der Waals surface area contributed by atoms with Crippen molar-refractivity contribution in [3.05, 3.63) is 35.9 Å². The summed E-state index contributed by atoms with van der Waals surface area (Å²) in [5.41, 5.74) is 0.934. The van der Waals surface area contributed by atoms with E-state index in [4.69, 9.17) is 12.4 Å². The van der Waals surface area contributed by atoms with Crippen molar-refractivity contribution in [3.8, 4) is 0 Å². The molecule has 1 aromatic carbocycles. The third kappa shape index (κ3) is 4.60. The molecule has 2 aliphatic rings. The third-order valence-electron chi connectivity index (χ3n) is 4.07. The molecule has 0 amide bonds. The summed E-state index contributed by atoms with van der Waals surface area (Å²) in [7, 11) is -2.75. The Morgan fingerprint density at radius 1 is 1.29 bits per heavy atom. The Labute approximate surface area is 145 Å². The molecule has 0 spiro atoms. The molecule has 3 rings (SSSR count). The summed E-state index contributed by atoms with van der Waals surface area (Å²) < 4.78 is 39.2. The predicted molar refractivity (Wildman–Crippen MR) is 86.8 cm³/mol. The van der Waals surface area contributed by atoms with E-state index in [2.05, 4.69) is 0 Å². The number of likely N-dealkylation sites (tertiary alicyclic amines) is 1. The monoisotopic (exact) mass is 421 g/mol. The average molecular weight is 420 g/mol. The van der Waals surface area contributed by atoms with Gasteiger partial charge < -0.3 is 0 Å². The molecule has 24 heavy (non-hydrogen) atoms. The van der Waals surface area contributed by atoms with Crippen molar-refractivity contribution < 1.29 is 25.6 Å². The molecule has 0 unspecified atom stereocenters. The topological polar surface area (TPSA) is 82.1 Å². The summed E-state index contributed by atoms with van der Waals surface area (Å²) in [4.78, 5) is 14.2. The van der Waals surface area contributed by atoms with Crippen molar-refractivity contribution in [1.82, 2.24) is 4.90 Å². The molecular weight excluding hydrogens is 400 g/mol. The number of hydrogen-bond donors (Lipinski definition) is 0. The zero-order valence-electron chi connectivity index (χ0n) is 13.2. The quantitative estimate of drug-likeness (QED) is 0.409. The van der Waals surface area contributed by atoms with E-state index in [1.165, 1.54) is 0 Å². The van der Waals surface area contributed by atoms with E-state index in [0.29, 0.717) is 13.0 Å².